The van der Waals surface area contributed by atoms with Gasteiger partial charge in [0.1, 0.15) is 5.65 Å². The number of rotatable bonds is 5. The van der Waals surface area contributed by atoms with Gasteiger partial charge in [0, 0.05) is 30.7 Å². The van der Waals surface area contributed by atoms with Gasteiger partial charge in [0.2, 0.25) is 0 Å². The van der Waals surface area contributed by atoms with Crippen molar-refractivity contribution in [1.29, 1.82) is 0 Å². The van der Waals surface area contributed by atoms with Gasteiger partial charge in [0.05, 0.1) is 17.1 Å². The molecular weight excluding hydrogens is 354 g/mol. The van der Waals surface area contributed by atoms with Crippen LogP contribution in [0.5, 0.6) is 0 Å². The molecule has 0 atom stereocenters. The fourth-order valence-electron chi connectivity index (χ4n) is 3.22. The zero-order valence-electron chi connectivity index (χ0n) is 15.8. The second-order valence-electron chi connectivity index (χ2n) is 6.94. The Balaban J connectivity index is 1.56. The summed E-state index contributed by atoms with van der Waals surface area (Å²) in [7, 11) is 0. The van der Waals surface area contributed by atoms with E-state index < -0.39 is 0 Å². The maximum Gasteiger partial charge on any atom is 0.274 e. The summed E-state index contributed by atoms with van der Waals surface area (Å²) in [5, 5.41) is 8.30. The van der Waals surface area contributed by atoms with E-state index in [1.165, 1.54) is 4.68 Å². The van der Waals surface area contributed by atoms with Gasteiger partial charge in [-0.15, -0.1) is 0 Å². The fraction of sp³-hybridized carbons (Fsp3) is 0.238. The van der Waals surface area contributed by atoms with Crippen LogP contribution >= 0.6 is 0 Å². The van der Waals surface area contributed by atoms with Crippen LogP contribution < -0.4 is 10.9 Å². The van der Waals surface area contributed by atoms with Crippen LogP contribution in [0.4, 0.5) is 0 Å². The number of fused-ring (bicyclic) bond motifs is 2. The minimum atomic E-state index is -0.297. The Morgan fingerprint density at radius 1 is 1.11 bits per heavy atom. The molecule has 0 unspecified atom stereocenters. The standard InChI is InChI=1S/C21H21N5O2/c1-14(2)26-21(28)17-8-4-3-7-16(17)19(24-26)20(27)22-11-10-15-13-25-12-6-5-9-18(25)23-15/h3-9,12-14H,10-11H2,1-2H3,(H,22,27). The lowest BCUT2D eigenvalue weighted by molar-refractivity contribution is 0.0948. The van der Waals surface area contributed by atoms with Crippen molar-refractivity contribution < 1.29 is 4.79 Å². The molecule has 7 nitrogen and oxygen atoms in total. The van der Waals surface area contributed by atoms with Crippen LogP contribution in [-0.4, -0.2) is 31.6 Å². The number of imidazole rings is 1. The van der Waals surface area contributed by atoms with Crippen LogP contribution in [0.25, 0.3) is 16.4 Å². The molecule has 7 heteroatoms. The average Bonchev–Trinajstić information content (AvgIpc) is 3.11. The van der Waals surface area contributed by atoms with E-state index in [9.17, 15) is 9.59 Å². The second kappa shape index (κ2) is 7.26. The molecule has 0 saturated heterocycles. The van der Waals surface area contributed by atoms with Crippen LogP contribution in [0.2, 0.25) is 0 Å². The maximum absolute atomic E-state index is 12.8. The number of amides is 1. The average molecular weight is 375 g/mol. The van der Waals surface area contributed by atoms with Gasteiger partial charge in [-0.1, -0.05) is 24.3 Å². The quantitative estimate of drug-likeness (QED) is 0.581. The molecule has 0 fully saturated rings. The molecule has 0 spiro atoms. The van der Waals surface area contributed by atoms with Crippen LogP contribution in [0.15, 0.2) is 59.7 Å². The number of carbonyl (C=O) groups is 1. The summed E-state index contributed by atoms with van der Waals surface area (Å²) < 4.78 is 3.31. The van der Waals surface area contributed by atoms with Crippen LogP contribution in [0, 0.1) is 0 Å². The van der Waals surface area contributed by atoms with Crippen molar-refractivity contribution in [2.45, 2.75) is 26.3 Å². The molecule has 1 N–H and O–H groups in total. The van der Waals surface area contributed by atoms with Gasteiger partial charge in [-0.05, 0) is 32.0 Å². The van der Waals surface area contributed by atoms with E-state index in [1.54, 1.807) is 24.3 Å². The van der Waals surface area contributed by atoms with Gasteiger partial charge in [-0.2, -0.15) is 5.10 Å². The molecule has 3 heterocycles. The number of hydrogen-bond donors (Lipinski definition) is 1. The lowest BCUT2D eigenvalue weighted by Gasteiger charge is -2.13. The van der Waals surface area contributed by atoms with Crippen LogP contribution in [0.1, 0.15) is 36.1 Å². The Labute approximate surface area is 161 Å². The van der Waals surface area contributed by atoms with E-state index in [0.29, 0.717) is 23.7 Å². The topological polar surface area (TPSA) is 81.3 Å². The molecule has 0 radical (unpaired) electrons. The van der Waals surface area contributed by atoms with Crippen LogP contribution in [0.3, 0.4) is 0 Å². The number of nitrogens with zero attached hydrogens (tertiary/aromatic N) is 4. The summed E-state index contributed by atoms with van der Waals surface area (Å²) in [4.78, 5) is 29.9. The third-order valence-corrected chi connectivity index (χ3v) is 4.61. The van der Waals surface area contributed by atoms with Crippen molar-refractivity contribution >= 4 is 22.3 Å². The number of aromatic nitrogens is 4. The molecule has 1 amide bonds. The zero-order chi connectivity index (χ0) is 19.7. The Kier molecular flexibility index (Phi) is 4.65. The highest BCUT2D eigenvalue weighted by Crippen LogP contribution is 2.15. The first-order chi connectivity index (χ1) is 13.5. The monoisotopic (exact) mass is 375 g/mol. The van der Waals surface area contributed by atoms with E-state index in [1.807, 2.05) is 48.8 Å². The van der Waals surface area contributed by atoms with E-state index >= 15 is 0 Å². The summed E-state index contributed by atoms with van der Waals surface area (Å²) in [6.45, 7) is 4.17. The van der Waals surface area contributed by atoms with Crippen LogP contribution in [-0.2, 0) is 6.42 Å². The fourth-order valence-corrected chi connectivity index (χ4v) is 3.22. The summed E-state index contributed by atoms with van der Waals surface area (Å²) in [6.07, 6.45) is 4.50. The lowest BCUT2D eigenvalue weighted by Crippen LogP contribution is -2.32. The Hall–Kier alpha value is -3.48. The number of pyridine rings is 1. The molecule has 142 valence electrons. The molecule has 0 saturated carbocycles. The number of benzene rings is 1. The van der Waals surface area contributed by atoms with Crippen molar-refractivity contribution in [2.24, 2.45) is 0 Å². The van der Waals surface area contributed by atoms with Gasteiger partial charge in [-0.25, -0.2) is 9.67 Å². The Morgan fingerprint density at radius 3 is 2.61 bits per heavy atom. The second-order valence-corrected chi connectivity index (χ2v) is 6.94. The van der Waals surface area contributed by atoms with Crippen molar-refractivity contribution in [3.63, 3.8) is 0 Å². The minimum absolute atomic E-state index is 0.137. The normalized spacial score (nSPS) is 11.4. The summed E-state index contributed by atoms with van der Waals surface area (Å²) in [6, 6.07) is 12.8. The predicted octanol–water partition coefficient (Wildman–Crippen LogP) is 2.60. The van der Waals surface area contributed by atoms with Gasteiger partial charge in [0.15, 0.2) is 5.69 Å². The minimum Gasteiger partial charge on any atom is -0.350 e. The predicted molar refractivity (Wildman–Crippen MR) is 108 cm³/mol. The van der Waals surface area contributed by atoms with Crippen molar-refractivity contribution in [1.82, 2.24) is 24.5 Å². The number of hydrogen-bond acceptors (Lipinski definition) is 4. The summed E-state index contributed by atoms with van der Waals surface area (Å²) in [5.41, 5.74) is 1.85. The van der Waals surface area contributed by atoms with Crippen molar-refractivity contribution in [2.75, 3.05) is 6.54 Å². The molecule has 0 aliphatic carbocycles. The van der Waals surface area contributed by atoms with Gasteiger partial charge < -0.3 is 9.72 Å². The molecular formula is C21H21N5O2. The van der Waals surface area contributed by atoms with Crippen molar-refractivity contribution in [3.8, 4) is 0 Å². The van der Waals surface area contributed by atoms with Gasteiger partial charge in [0.25, 0.3) is 11.5 Å². The molecule has 4 aromatic rings. The Bertz CT molecular complexity index is 1190. The third-order valence-electron chi connectivity index (χ3n) is 4.61. The molecule has 0 bridgehead atoms. The summed E-state index contributed by atoms with van der Waals surface area (Å²) in [5.74, 6) is -0.297. The number of carbonyl (C=O) groups excluding carboxylic acids is 1. The first-order valence-electron chi connectivity index (χ1n) is 9.27. The molecule has 0 aliphatic heterocycles. The SMILES string of the molecule is CC(C)n1nc(C(=O)NCCc2cn3ccccc3n2)c2ccccc2c1=O. The Morgan fingerprint density at radius 2 is 1.86 bits per heavy atom. The highest BCUT2D eigenvalue weighted by Gasteiger charge is 2.17. The highest BCUT2D eigenvalue weighted by molar-refractivity contribution is 6.04. The summed E-state index contributed by atoms with van der Waals surface area (Å²) >= 11 is 0. The zero-order valence-corrected chi connectivity index (χ0v) is 15.8. The van der Waals surface area contributed by atoms with E-state index in [0.717, 1.165) is 11.3 Å². The third kappa shape index (κ3) is 3.26. The molecule has 0 aliphatic rings. The van der Waals surface area contributed by atoms with Gasteiger partial charge in [-0.3, -0.25) is 9.59 Å². The van der Waals surface area contributed by atoms with E-state index in [4.69, 9.17) is 0 Å². The highest BCUT2D eigenvalue weighted by atomic mass is 16.2. The molecule has 3 aromatic heterocycles. The van der Waals surface area contributed by atoms with Gasteiger partial charge >= 0.3 is 0 Å². The smallest absolute Gasteiger partial charge is 0.274 e. The first kappa shape index (κ1) is 17.9. The molecule has 28 heavy (non-hydrogen) atoms. The van der Waals surface area contributed by atoms with Crippen molar-refractivity contribution in [3.05, 3.63) is 76.6 Å². The maximum atomic E-state index is 12.8. The molecule has 4 rings (SSSR count). The van der Waals surface area contributed by atoms with E-state index in [2.05, 4.69) is 15.4 Å². The first-order valence-corrected chi connectivity index (χ1v) is 9.27. The number of nitrogens with one attached hydrogen (secondary N) is 1. The lowest BCUT2D eigenvalue weighted by atomic mass is 10.1. The molecule has 1 aromatic carbocycles. The largest absolute Gasteiger partial charge is 0.350 e. The van der Waals surface area contributed by atoms with E-state index in [-0.39, 0.29) is 23.2 Å².